The van der Waals surface area contributed by atoms with E-state index in [2.05, 4.69) is 69.4 Å². The van der Waals surface area contributed by atoms with Gasteiger partial charge >= 0.3 is 17.9 Å². The standard InChI is InChI=1S/C74H136O6/c1-4-7-10-13-15-17-19-21-23-25-27-29-31-33-34-35-36-37-38-39-41-42-44-46-48-50-52-54-56-58-61-64-67-73(76)79-70-71(69-78-72(75)66-63-60-12-9-6-3)80-74(77)68-65-62-59-57-55-53-51-49-47-45-43-40-32-30-28-26-24-22-20-18-16-14-11-8-5-2/h8,11,16,18,22,24,28,30,71H,4-7,9-10,12-15,17,19-21,23,25-27,29,31-70H2,1-3H3/b11-8-,18-16-,24-22-,30-28-. The Kier molecular flexibility index (Phi) is 66.6. The van der Waals surface area contributed by atoms with Crippen molar-refractivity contribution in [2.45, 2.75) is 393 Å². The Morgan fingerprint density at radius 3 is 0.762 bits per heavy atom. The molecule has 468 valence electrons. The van der Waals surface area contributed by atoms with Gasteiger partial charge in [0.2, 0.25) is 0 Å². The van der Waals surface area contributed by atoms with Crippen molar-refractivity contribution in [3.05, 3.63) is 48.6 Å². The number of hydrogen-bond donors (Lipinski definition) is 0. The van der Waals surface area contributed by atoms with E-state index in [0.29, 0.717) is 19.3 Å². The average Bonchev–Trinajstić information content (AvgIpc) is 3.46. The second kappa shape index (κ2) is 68.9. The van der Waals surface area contributed by atoms with Crippen molar-refractivity contribution in [3.8, 4) is 0 Å². The molecular weight excluding hydrogens is 985 g/mol. The lowest BCUT2D eigenvalue weighted by Crippen LogP contribution is -2.30. The first-order chi connectivity index (χ1) is 39.5. The highest BCUT2D eigenvalue weighted by Crippen LogP contribution is 2.19. The molecular formula is C74H136O6. The minimum atomic E-state index is -0.769. The van der Waals surface area contributed by atoms with Gasteiger partial charge in [0.05, 0.1) is 0 Å². The molecule has 0 aromatic heterocycles. The van der Waals surface area contributed by atoms with Gasteiger partial charge in [0.25, 0.3) is 0 Å². The molecule has 0 aliphatic rings. The molecule has 0 aromatic carbocycles. The molecule has 1 atom stereocenters. The highest BCUT2D eigenvalue weighted by molar-refractivity contribution is 5.71. The molecule has 0 aliphatic carbocycles. The van der Waals surface area contributed by atoms with E-state index < -0.39 is 6.10 Å². The third kappa shape index (κ3) is 66.2. The summed E-state index contributed by atoms with van der Waals surface area (Å²) in [5, 5.41) is 0. The fourth-order valence-electron chi connectivity index (χ4n) is 10.8. The lowest BCUT2D eigenvalue weighted by atomic mass is 10.0. The van der Waals surface area contributed by atoms with Gasteiger partial charge in [-0.2, -0.15) is 0 Å². The van der Waals surface area contributed by atoms with E-state index in [9.17, 15) is 14.4 Å². The van der Waals surface area contributed by atoms with E-state index in [1.165, 1.54) is 257 Å². The Hall–Kier alpha value is -2.63. The van der Waals surface area contributed by atoms with E-state index in [1.807, 2.05) is 0 Å². The minimum Gasteiger partial charge on any atom is -0.462 e. The molecule has 0 amide bonds. The van der Waals surface area contributed by atoms with Gasteiger partial charge in [-0.05, 0) is 57.8 Å². The first kappa shape index (κ1) is 77.4. The molecule has 0 spiro atoms. The smallest absolute Gasteiger partial charge is 0.306 e. The van der Waals surface area contributed by atoms with Crippen LogP contribution in [0, 0.1) is 0 Å². The van der Waals surface area contributed by atoms with E-state index in [0.717, 1.165) is 89.9 Å². The highest BCUT2D eigenvalue weighted by atomic mass is 16.6. The molecule has 0 saturated heterocycles. The maximum Gasteiger partial charge on any atom is 0.306 e. The fraction of sp³-hybridized carbons (Fsp3) is 0.851. The predicted molar refractivity (Wildman–Crippen MR) is 349 cm³/mol. The zero-order valence-electron chi connectivity index (χ0n) is 53.9. The van der Waals surface area contributed by atoms with E-state index >= 15 is 0 Å². The largest absolute Gasteiger partial charge is 0.462 e. The molecule has 0 saturated carbocycles. The van der Waals surface area contributed by atoms with Crippen LogP contribution in [-0.4, -0.2) is 37.2 Å². The molecule has 0 aliphatic heterocycles. The minimum absolute atomic E-state index is 0.0694. The van der Waals surface area contributed by atoms with Gasteiger partial charge in [0.1, 0.15) is 13.2 Å². The second-order valence-corrected chi connectivity index (χ2v) is 24.1. The van der Waals surface area contributed by atoms with Gasteiger partial charge in [0.15, 0.2) is 6.10 Å². The summed E-state index contributed by atoms with van der Waals surface area (Å²) in [7, 11) is 0. The van der Waals surface area contributed by atoms with Crippen molar-refractivity contribution < 1.29 is 28.6 Å². The molecule has 6 nitrogen and oxygen atoms in total. The summed E-state index contributed by atoms with van der Waals surface area (Å²) < 4.78 is 16.8. The molecule has 6 heteroatoms. The Bertz CT molecular complexity index is 1380. The zero-order chi connectivity index (χ0) is 57.8. The van der Waals surface area contributed by atoms with Crippen LogP contribution in [0.15, 0.2) is 48.6 Å². The molecule has 0 heterocycles. The van der Waals surface area contributed by atoms with E-state index in [-0.39, 0.29) is 31.1 Å². The Balaban J connectivity index is 3.90. The number of unbranched alkanes of at least 4 members (excludes halogenated alkanes) is 47. The molecule has 0 N–H and O–H groups in total. The normalized spacial score (nSPS) is 12.3. The third-order valence-electron chi connectivity index (χ3n) is 16.1. The maximum atomic E-state index is 12.9. The fourth-order valence-corrected chi connectivity index (χ4v) is 10.8. The Morgan fingerprint density at radius 2 is 0.487 bits per heavy atom. The van der Waals surface area contributed by atoms with Gasteiger partial charge in [-0.25, -0.2) is 0 Å². The quantitative estimate of drug-likeness (QED) is 0.0261. The van der Waals surface area contributed by atoms with E-state index in [4.69, 9.17) is 14.2 Å². The maximum absolute atomic E-state index is 12.9. The highest BCUT2D eigenvalue weighted by Gasteiger charge is 2.19. The monoisotopic (exact) mass is 1120 g/mol. The summed E-state index contributed by atoms with van der Waals surface area (Å²) in [5.74, 6) is -0.863. The number of carbonyl (C=O) groups excluding carboxylic acids is 3. The number of esters is 3. The van der Waals surface area contributed by atoms with Gasteiger partial charge in [0, 0.05) is 19.3 Å². The number of hydrogen-bond acceptors (Lipinski definition) is 6. The van der Waals surface area contributed by atoms with Crippen LogP contribution in [0.1, 0.15) is 387 Å². The van der Waals surface area contributed by atoms with Crippen LogP contribution in [0.4, 0.5) is 0 Å². The van der Waals surface area contributed by atoms with Crippen LogP contribution in [0.25, 0.3) is 0 Å². The van der Waals surface area contributed by atoms with Crippen LogP contribution < -0.4 is 0 Å². The molecule has 0 fully saturated rings. The van der Waals surface area contributed by atoms with Crippen molar-refractivity contribution in [1.29, 1.82) is 0 Å². The number of ether oxygens (including phenoxy) is 3. The summed E-state index contributed by atoms with van der Waals surface area (Å²) in [6, 6.07) is 0. The molecule has 0 rings (SSSR count). The number of carbonyl (C=O) groups is 3. The number of rotatable bonds is 66. The van der Waals surface area contributed by atoms with Crippen molar-refractivity contribution in [2.75, 3.05) is 13.2 Å². The van der Waals surface area contributed by atoms with Gasteiger partial charge < -0.3 is 14.2 Å². The van der Waals surface area contributed by atoms with E-state index in [1.54, 1.807) is 0 Å². The predicted octanol–water partition coefficient (Wildman–Crippen LogP) is 24.5. The third-order valence-corrected chi connectivity index (χ3v) is 16.1. The summed E-state index contributed by atoms with van der Waals surface area (Å²) in [6.07, 6.45) is 87.9. The van der Waals surface area contributed by atoms with Crippen LogP contribution in [0.5, 0.6) is 0 Å². The van der Waals surface area contributed by atoms with Crippen LogP contribution in [-0.2, 0) is 28.6 Å². The van der Waals surface area contributed by atoms with Gasteiger partial charge in [-0.3, -0.25) is 14.4 Å². The second-order valence-electron chi connectivity index (χ2n) is 24.1. The topological polar surface area (TPSA) is 78.9 Å². The molecule has 1 unspecified atom stereocenters. The molecule has 0 radical (unpaired) electrons. The van der Waals surface area contributed by atoms with Gasteiger partial charge in [-0.15, -0.1) is 0 Å². The summed E-state index contributed by atoms with van der Waals surface area (Å²) in [6.45, 7) is 6.51. The first-order valence-electron chi connectivity index (χ1n) is 35.6. The van der Waals surface area contributed by atoms with Gasteiger partial charge in [-0.1, -0.05) is 358 Å². The number of allylic oxidation sites excluding steroid dienone is 8. The molecule has 0 bridgehead atoms. The van der Waals surface area contributed by atoms with Crippen molar-refractivity contribution >= 4 is 17.9 Å². The van der Waals surface area contributed by atoms with Crippen LogP contribution in [0.3, 0.4) is 0 Å². The molecule has 0 aromatic rings. The lowest BCUT2D eigenvalue weighted by Gasteiger charge is -2.18. The average molecular weight is 1120 g/mol. The SMILES string of the molecule is CC/C=C\C/C=C\C/C=C\C/C=C\CCCCCCCCCCCCCCC(=O)OC(COC(=O)CCCCCCC)COC(=O)CCCCCCCCCCCCCCCCCCCCCCCCCCCCCCCCCC. The van der Waals surface area contributed by atoms with Crippen LogP contribution in [0.2, 0.25) is 0 Å². The van der Waals surface area contributed by atoms with Crippen LogP contribution >= 0.6 is 0 Å². The summed E-state index contributed by atoms with van der Waals surface area (Å²) in [4.78, 5) is 38.0. The summed E-state index contributed by atoms with van der Waals surface area (Å²) >= 11 is 0. The van der Waals surface area contributed by atoms with Crippen molar-refractivity contribution in [1.82, 2.24) is 0 Å². The Labute approximate surface area is 498 Å². The van der Waals surface area contributed by atoms with Crippen molar-refractivity contribution in [2.24, 2.45) is 0 Å². The first-order valence-corrected chi connectivity index (χ1v) is 35.6. The lowest BCUT2D eigenvalue weighted by molar-refractivity contribution is -0.167. The summed E-state index contributed by atoms with van der Waals surface area (Å²) in [5.41, 5.74) is 0. The zero-order valence-corrected chi connectivity index (χ0v) is 53.9. The molecule has 80 heavy (non-hydrogen) atoms. The Morgan fingerprint density at radius 1 is 0.263 bits per heavy atom. The van der Waals surface area contributed by atoms with Crippen molar-refractivity contribution in [3.63, 3.8) is 0 Å².